The molecule has 218 valence electrons. The fraction of sp³-hybridized carbons (Fsp3) is 0.147. The van der Waals surface area contributed by atoms with Gasteiger partial charge in [-0.25, -0.2) is 10.2 Å². The molecule has 1 aromatic heterocycles. The lowest BCUT2D eigenvalue weighted by molar-refractivity contribution is 0.0733. The Morgan fingerprint density at radius 2 is 1.63 bits per heavy atom. The molecule has 0 fully saturated rings. The van der Waals surface area contributed by atoms with Crippen molar-refractivity contribution in [2.24, 2.45) is 5.10 Å². The number of hydrazone groups is 1. The van der Waals surface area contributed by atoms with Gasteiger partial charge in [0.25, 0.3) is 5.91 Å². The maximum Gasteiger partial charge on any atom is 0.343 e. The summed E-state index contributed by atoms with van der Waals surface area (Å²) in [5.74, 6) is 0.292. The molecule has 0 bridgehead atoms. The number of nitrogens with zero attached hydrogens (tertiary/aromatic N) is 1. The smallest absolute Gasteiger partial charge is 0.343 e. The van der Waals surface area contributed by atoms with Gasteiger partial charge in [0, 0.05) is 26.5 Å². The second kappa shape index (κ2) is 13.4. The van der Waals surface area contributed by atoms with Gasteiger partial charge in [0.2, 0.25) is 0 Å². The van der Waals surface area contributed by atoms with E-state index in [1.165, 1.54) is 6.21 Å². The minimum Gasteiger partial charge on any atom is -0.490 e. The summed E-state index contributed by atoms with van der Waals surface area (Å²) in [6.45, 7) is 6.63. The van der Waals surface area contributed by atoms with E-state index < -0.39 is 11.9 Å². The molecule has 5 aromatic rings. The molecule has 0 spiro atoms. The van der Waals surface area contributed by atoms with Gasteiger partial charge < -0.3 is 19.2 Å². The normalized spacial score (nSPS) is 11.1. The van der Waals surface area contributed by atoms with Crippen molar-refractivity contribution in [2.45, 2.75) is 20.8 Å². The van der Waals surface area contributed by atoms with Crippen LogP contribution in [0.4, 0.5) is 0 Å². The average Bonchev–Trinajstić information content (AvgIpc) is 3.38. The van der Waals surface area contributed by atoms with E-state index >= 15 is 0 Å². The topological polar surface area (TPSA) is 102 Å². The standard InChI is InChI=1S/C34H30BrN3O5/c1-4-41-29-15-12-23(19-30(29)42-5-2)34(40)43-28-16-13-25(35)18-24(28)20-36-38-33(39)32-31(22-9-7-6-8-10-22)26-17-21(3)11-14-27(26)37-32/h6-20,37H,4-5H2,1-3H3,(H,38,39). The van der Waals surface area contributed by atoms with E-state index in [9.17, 15) is 9.59 Å². The van der Waals surface area contributed by atoms with E-state index in [1.54, 1.807) is 36.4 Å². The van der Waals surface area contributed by atoms with Crippen LogP contribution >= 0.6 is 15.9 Å². The molecule has 1 heterocycles. The van der Waals surface area contributed by atoms with E-state index in [2.05, 4.69) is 37.5 Å². The van der Waals surface area contributed by atoms with Gasteiger partial charge in [-0.05, 0) is 74.9 Å². The second-order valence-corrected chi connectivity index (χ2v) is 10.5. The highest BCUT2D eigenvalue weighted by Gasteiger charge is 2.20. The molecular weight excluding hydrogens is 610 g/mol. The summed E-state index contributed by atoms with van der Waals surface area (Å²) in [6.07, 6.45) is 1.43. The monoisotopic (exact) mass is 639 g/mol. The van der Waals surface area contributed by atoms with Gasteiger partial charge in [-0.15, -0.1) is 0 Å². The SMILES string of the molecule is CCOc1ccc(C(=O)Oc2ccc(Br)cc2C=NNC(=O)c2[nH]c3ccc(C)cc3c2-c2ccccc2)cc1OCC. The van der Waals surface area contributed by atoms with E-state index in [-0.39, 0.29) is 5.75 Å². The Morgan fingerprint density at radius 1 is 0.884 bits per heavy atom. The fourth-order valence-corrected chi connectivity index (χ4v) is 5.03. The van der Waals surface area contributed by atoms with Crippen molar-refractivity contribution in [3.63, 3.8) is 0 Å². The molecule has 0 aliphatic carbocycles. The number of benzene rings is 4. The number of halogens is 1. The van der Waals surface area contributed by atoms with Crippen molar-refractivity contribution >= 4 is 44.9 Å². The number of aryl methyl sites for hydroxylation is 1. The van der Waals surface area contributed by atoms with Crippen LogP contribution < -0.4 is 19.6 Å². The predicted molar refractivity (Wildman–Crippen MR) is 171 cm³/mol. The van der Waals surface area contributed by atoms with Crippen molar-refractivity contribution < 1.29 is 23.8 Å². The first-order valence-electron chi connectivity index (χ1n) is 13.8. The lowest BCUT2D eigenvalue weighted by Crippen LogP contribution is -2.19. The van der Waals surface area contributed by atoms with Crippen molar-refractivity contribution in [3.8, 4) is 28.4 Å². The summed E-state index contributed by atoms with van der Waals surface area (Å²) < 4.78 is 17.7. The summed E-state index contributed by atoms with van der Waals surface area (Å²) in [4.78, 5) is 29.7. The number of carbonyl (C=O) groups excluding carboxylic acids is 2. The van der Waals surface area contributed by atoms with E-state index in [0.717, 1.165) is 32.1 Å². The fourth-order valence-electron chi connectivity index (χ4n) is 4.65. The number of aromatic amines is 1. The first-order chi connectivity index (χ1) is 20.9. The third-order valence-corrected chi connectivity index (χ3v) is 7.06. The lowest BCUT2D eigenvalue weighted by Gasteiger charge is -2.13. The number of H-pyrrole nitrogens is 1. The molecule has 43 heavy (non-hydrogen) atoms. The first-order valence-corrected chi connectivity index (χ1v) is 14.6. The number of aromatic nitrogens is 1. The average molecular weight is 641 g/mol. The Balaban J connectivity index is 1.38. The van der Waals surface area contributed by atoms with Crippen LogP contribution in [0.1, 0.15) is 45.8 Å². The van der Waals surface area contributed by atoms with E-state index in [1.807, 2.05) is 63.2 Å². The molecule has 5 rings (SSSR count). The maximum absolute atomic E-state index is 13.4. The zero-order valence-electron chi connectivity index (χ0n) is 23.9. The highest BCUT2D eigenvalue weighted by molar-refractivity contribution is 9.10. The van der Waals surface area contributed by atoms with Crippen LogP contribution in [0, 0.1) is 6.92 Å². The quantitative estimate of drug-likeness (QED) is 0.0706. The van der Waals surface area contributed by atoms with Crippen LogP contribution in [0.25, 0.3) is 22.0 Å². The minimum absolute atomic E-state index is 0.268. The highest BCUT2D eigenvalue weighted by Crippen LogP contribution is 2.33. The van der Waals surface area contributed by atoms with Crippen molar-refractivity contribution in [1.29, 1.82) is 0 Å². The molecule has 0 saturated carbocycles. The number of hydrogen-bond acceptors (Lipinski definition) is 6. The van der Waals surface area contributed by atoms with Gasteiger partial charge in [-0.2, -0.15) is 5.10 Å². The van der Waals surface area contributed by atoms with Crippen LogP contribution in [-0.4, -0.2) is 36.3 Å². The first kappa shape index (κ1) is 29.6. The van der Waals surface area contributed by atoms with Crippen LogP contribution in [0.2, 0.25) is 0 Å². The molecular formula is C34H30BrN3O5. The molecule has 1 amide bonds. The lowest BCUT2D eigenvalue weighted by atomic mass is 10.0. The summed E-state index contributed by atoms with van der Waals surface area (Å²) in [7, 11) is 0. The van der Waals surface area contributed by atoms with Gasteiger partial charge in [-0.3, -0.25) is 4.79 Å². The van der Waals surface area contributed by atoms with Gasteiger partial charge in [-0.1, -0.05) is 57.9 Å². The third kappa shape index (κ3) is 6.79. The van der Waals surface area contributed by atoms with Gasteiger partial charge >= 0.3 is 5.97 Å². The molecule has 0 atom stereocenters. The Bertz CT molecular complexity index is 1810. The summed E-state index contributed by atoms with van der Waals surface area (Å²) in [6, 6.07) is 25.8. The van der Waals surface area contributed by atoms with Gasteiger partial charge in [0.15, 0.2) is 11.5 Å². The Hall–Kier alpha value is -4.89. The molecule has 4 aromatic carbocycles. The van der Waals surface area contributed by atoms with Crippen LogP contribution in [0.3, 0.4) is 0 Å². The van der Waals surface area contributed by atoms with E-state index in [0.29, 0.717) is 41.5 Å². The Kier molecular flexibility index (Phi) is 9.22. The second-order valence-electron chi connectivity index (χ2n) is 9.59. The molecule has 0 saturated heterocycles. The van der Waals surface area contributed by atoms with Crippen molar-refractivity contribution in [2.75, 3.05) is 13.2 Å². The molecule has 0 radical (unpaired) electrons. The number of carbonyl (C=O) groups is 2. The summed E-state index contributed by atoms with van der Waals surface area (Å²) >= 11 is 3.45. The van der Waals surface area contributed by atoms with Crippen LogP contribution in [0.5, 0.6) is 17.2 Å². The molecule has 0 aliphatic rings. The molecule has 0 aliphatic heterocycles. The summed E-state index contributed by atoms with van der Waals surface area (Å²) in [5.41, 5.74) is 7.44. The minimum atomic E-state index is -0.578. The number of fused-ring (bicyclic) bond motifs is 1. The maximum atomic E-state index is 13.4. The Labute approximate surface area is 257 Å². The number of nitrogens with one attached hydrogen (secondary N) is 2. The zero-order chi connectivity index (χ0) is 30.3. The van der Waals surface area contributed by atoms with Gasteiger partial charge in [0.1, 0.15) is 11.4 Å². The highest BCUT2D eigenvalue weighted by atomic mass is 79.9. The van der Waals surface area contributed by atoms with E-state index in [4.69, 9.17) is 14.2 Å². The molecule has 8 nitrogen and oxygen atoms in total. The molecule has 0 unspecified atom stereocenters. The van der Waals surface area contributed by atoms with Gasteiger partial charge in [0.05, 0.1) is 25.0 Å². The number of hydrogen-bond donors (Lipinski definition) is 2. The zero-order valence-corrected chi connectivity index (χ0v) is 25.5. The van der Waals surface area contributed by atoms with Crippen molar-refractivity contribution in [3.05, 3.63) is 112 Å². The number of esters is 1. The predicted octanol–water partition coefficient (Wildman–Crippen LogP) is 7.69. The summed E-state index contributed by atoms with van der Waals surface area (Å²) in [5, 5.41) is 5.15. The number of amides is 1. The Morgan fingerprint density at radius 3 is 2.40 bits per heavy atom. The molecule has 2 N–H and O–H groups in total. The number of rotatable bonds is 10. The van der Waals surface area contributed by atoms with Crippen molar-refractivity contribution in [1.82, 2.24) is 10.4 Å². The molecule has 9 heteroatoms. The van der Waals surface area contributed by atoms with Crippen LogP contribution in [0.15, 0.2) is 94.5 Å². The number of ether oxygens (including phenoxy) is 3. The van der Waals surface area contributed by atoms with Crippen LogP contribution in [-0.2, 0) is 0 Å². The third-order valence-electron chi connectivity index (χ3n) is 6.57. The largest absolute Gasteiger partial charge is 0.490 e.